The summed E-state index contributed by atoms with van der Waals surface area (Å²) >= 11 is 6.09. The molecule has 0 saturated carbocycles. The van der Waals surface area contributed by atoms with Gasteiger partial charge in [0.05, 0.1) is 6.04 Å². The van der Waals surface area contributed by atoms with Crippen LogP contribution in [-0.4, -0.2) is 54.3 Å². The molecule has 25 heavy (non-hydrogen) atoms. The van der Waals surface area contributed by atoms with Crippen molar-refractivity contribution in [3.63, 3.8) is 0 Å². The van der Waals surface area contributed by atoms with Gasteiger partial charge in [-0.2, -0.15) is 0 Å². The fourth-order valence-electron chi connectivity index (χ4n) is 3.11. The van der Waals surface area contributed by atoms with Crippen molar-refractivity contribution in [3.8, 4) is 0 Å². The van der Waals surface area contributed by atoms with Crippen molar-refractivity contribution in [2.75, 3.05) is 32.7 Å². The lowest BCUT2D eigenvalue weighted by Gasteiger charge is -2.37. The standard InChI is InChI=1S/C18H26ClN3O2.ClH/c1-3-21(4-2)17(23)8-9-18(24)22-11-10-20-13-16(22)14-6-5-7-15(19)12-14;/h5-7,12,16,20H,3-4,8-11,13H2,1-2H3;1H. The van der Waals surface area contributed by atoms with E-state index < -0.39 is 0 Å². The Bertz CT molecular complexity index is 579. The van der Waals surface area contributed by atoms with E-state index in [4.69, 9.17) is 11.6 Å². The molecule has 5 nitrogen and oxygen atoms in total. The van der Waals surface area contributed by atoms with Crippen LogP contribution in [-0.2, 0) is 9.59 Å². The van der Waals surface area contributed by atoms with Crippen LogP contribution in [0.25, 0.3) is 0 Å². The summed E-state index contributed by atoms with van der Waals surface area (Å²) in [6.07, 6.45) is 0.527. The van der Waals surface area contributed by atoms with Crippen molar-refractivity contribution in [3.05, 3.63) is 34.9 Å². The third-order valence-corrected chi connectivity index (χ3v) is 4.70. The van der Waals surface area contributed by atoms with Gasteiger partial charge in [0.2, 0.25) is 11.8 Å². The Morgan fingerprint density at radius 2 is 2.00 bits per heavy atom. The molecule has 7 heteroatoms. The maximum Gasteiger partial charge on any atom is 0.223 e. The quantitative estimate of drug-likeness (QED) is 0.816. The zero-order chi connectivity index (χ0) is 17.5. The molecule has 2 amide bonds. The van der Waals surface area contributed by atoms with Gasteiger partial charge >= 0.3 is 0 Å². The molecule has 1 aromatic carbocycles. The van der Waals surface area contributed by atoms with Crippen LogP contribution >= 0.6 is 24.0 Å². The van der Waals surface area contributed by atoms with Gasteiger partial charge < -0.3 is 15.1 Å². The first-order chi connectivity index (χ1) is 11.6. The molecule has 0 bridgehead atoms. The van der Waals surface area contributed by atoms with Crippen LogP contribution in [0.4, 0.5) is 0 Å². The molecule has 1 fully saturated rings. The largest absolute Gasteiger partial charge is 0.343 e. The Morgan fingerprint density at radius 3 is 2.64 bits per heavy atom. The molecule has 140 valence electrons. The second kappa shape index (κ2) is 10.6. The van der Waals surface area contributed by atoms with E-state index in [1.165, 1.54) is 0 Å². The number of amides is 2. The maximum atomic E-state index is 12.7. The summed E-state index contributed by atoms with van der Waals surface area (Å²) in [7, 11) is 0. The fraction of sp³-hybridized carbons (Fsp3) is 0.556. The summed E-state index contributed by atoms with van der Waals surface area (Å²) < 4.78 is 0. The van der Waals surface area contributed by atoms with Crippen LogP contribution in [0.5, 0.6) is 0 Å². The normalized spacial score (nSPS) is 16.9. The van der Waals surface area contributed by atoms with Crippen LogP contribution in [0.3, 0.4) is 0 Å². The Kier molecular flexibility index (Phi) is 9.25. The zero-order valence-electron chi connectivity index (χ0n) is 14.8. The van der Waals surface area contributed by atoms with E-state index in [0.29, 0.717) is 31.2 Å². The number of carbonyl (C=O) groups is 2. The van der Waals surface area contributed by atoms with Gasteiger partial charge in [0, 0.05) is 50.6 Å². The maximum absolute atomic E-state index is 12.7. The second-order valence-corrected chi connectivity index (χ2v) is 6.36. The number of nitrogens with zero attached hydrogens (tertiary/aromatic N) is 2. The predicted molar refractivity (Wildman–Crippen MR) is 103 cm³/mol. The number of halogens is 2. The van der Waals surface area contributed by atoms with Crippen molar-refractivity contribution in [1.29, 1.82) is 0 Å². The van der Waals surface area contributed by atoms with Crippen molar-refractivity contribution in [2.24, 2.45) is 0 Å². The molecule has 1 aromatic rings. The summed E-state index contributed by atoms with van der Waals surface area (Å²) in [5, 5.41) is 4.00. The first kappa shape index (κ1) is 21.7. The third-order valence-electron chi connectivity index (χ3n) is 4.47. The monoisotopic (exact) mass is 387 g/mol. The average molecular weight is 388 g/mol. The van der Waals surface area contributed by atoms with Crippen LogP contribution in [0, 0.1) is 0 Å². The van der Waals surface area contributed by atoms with Gasteiger partial charge in [0.1, 0.15) is 0 Å². The van der Waals surface area contributed by atoms with E-state index in [9.17, 15) is 9.59 Å². The molecule has 1 aliphatic rings. The van der Waals surface area contributed by atoms with Gasteiger partial charge in [0.15, 0.2) is 0 Å². The van der Waals surface area contributed by atoms with E-state index in [1.807, 2.05) is 43.0 Å². The Morgan fingerprint density at radius 1 is 1.28 bits per heavy atom. The second-order valence-electron chi connectivity index (χ2n) is 5.93. The van der Waals surface area contributed by atoms with Crippen molar-refractivity contribution in [1.82, 2.24) is 15.1 Å². The summed E-state index contributed by atoms with van der Waals surface area (Å²) in [5.74, 6) is 0.0739. The Balaban J connectivity index is 0.00000312. The van der Waals surface area contributed by atoms with Crippen molar-refractivity contribution < 1.29 is 9.59 Å². The highest BCUT2D eigenvalue weighted by atomic mass is 35.5. The topological polar surface area (TPSA) is 52.7 Å². The number of benzene rings is 1. The number of rotatable bonds is 6. The molecule has 2 rings (SSSR count). The molecule has 1 N–H and O–H groups in total. The SMILES string of the molecule is CCN(CC)C(=O)CCC(=O)N1CCNCC1c1cccc(Cl)c1.Cl. The minimum atomic E-state index is -0.0338. The van der Waals surface area contributed by atoms with Gasteiger partial charge in [-0.05, 0) is 31.5 Å². The number of hydrogen-bond donors (Lipinski definition) is 1. The van der Waals surface area contributed by atoms with Crippen LogP contribution < -0.4 is 5.32 Å². The van der Waals surface area contributed by atoms with Gasteiger partial charge in [0.25, 0.3) is 0 Å². The highest BCUT2D eigenvalue weighted by Crippen LogP contribution is 2.25. The number of hydrogen-bond acceptors (Lipinski definition) is 3. The minimum absolute atomic E-state index is 0. The molecule has 1 saturated heterocycles. The number of nitrogens with one attached hydrogen (secondary N) is 1. The van der Waals surface area contributed by atoms with Crippen LogP contribution in [0.1, 0.15) is 38.3 Å². The van der Waals surface area contributed by atoms with Gasteiger partial charge in [-0.25, -0.2) is 0 Å². The number of piperazine rings is 1. The van der Waals surface area contributed by atoms with Gasteiger partial charge in [-0.15, -0.1) is 12.4 Å². The average Bonchev–Trinajstić information content (AvgIpc) is 2.60. The number of carbonyl (C=O) groups excluding carboxylic acids is 2. The predicted octanol–water partition coefficient (Wildman–Crippen LogP) is 2.88. The molecule has 0 aliphatic carbocycles. The highest BCUT2D eigenvalue weighted by molar-refractivity contribution is 6.30. The molecule has 1 heterocycles. The van der Waals surface area contributed by atoms with Gasteiger partial charge in [-0.1, -0.05) is 23.7 Å². The molecule has 0 spiro atoms. The first-order valence-electron chi connectivity index (χ1n) is 8.60. The zero-order valence-corrected chi connectivity index (χ0v) is 16.4. The minimum Gasteiger partial charge on any atom is -0.343 e. The van der Waals surface area contributed by atoms with Crippen LogP contribution in [0.2, 0.25) is 5.02 Å². The molecule has 0 radical (unpaired) electrons. The lowest BCUT2D eigenvalue weighted by atomic mass is 10.0. The third kappa shape index (κ3) is 5.87. The van der Waals surface area contributed by atoms with Crippen molar-refractivity contribution >= 4 is 35.8 Å². The van der Waals surface area contributed by atoms with Gasteiger partial charge in [-0.3, -0.25) is 9.59 Å². The molecule has 0 aromatic heterocycles. The van der Waals surface area contributed by atoms with E-state index in [1.54, 1.807) is 4.90 Å². The molecule has 1 aliphatic heterocycles. The highest BCUT2D eigenvalue weighted by Gasteiger charge is 2.28. The Hall–Kier alpha value is -1.30. The summed E-state index contributed by atoms with van der Waals surface area (Å²) in [5.41, 5.74) is 1.03. The molecular weight excluding hydrogens is 361 g/mol. The van der Waals surface area contributed by atoms with Crippen LogP contribution in [0.15, 0.2) is 24.3 Å². The lowest BCUT2D eigenvalue weighted by Crippen LogP contribution is -2.48. The lowest BCUT2D eigenvalue weighted by molar-refractivity contribution is -0.138. The molecule has 1 atom stereocenters. The fourth-order valence-corrected chi connectivity index (χ4v) is 3.31. The van der Waals surface area contributed by atoms with E-state index >= 15 is 0 Å². The molecular formula is C18H27Cl2N3O2. The summed E-state index contributed by atoms with van der Waals surface area (Å²) in [6, 6.07) is 7.59. The summed E-state index contributed by atoms with van der Waals surface area (Å²) in [4.78, 5) is 28.4. The smallest absolute Gasteiger partial charge is 0.223 e. The first-order valence-corrected chi connectivity index (χ1v) is 8.98. The van der Waals surface area contributed by atoms with E-state index in [-0.39, 0.29) is 43.1 Å². The summed E-state index contributed by atoms with van der Waals surface area (Å²) in [6.45, 7) is 7.40. The van der Waals surface area contributed by atoms with E-state index in [0.717, 1.165) is 12.1 Å². The Labute approximate surface area is 161 Å². The molecule has 1 unspecified atom stereocenters. The van der Waals surface area contributed by atoms with Crippen molar-refractivity contribution in [2.45, 2.75) is 32.7 Å². The van der Waals surface area contributed by atoms with E-state index in [2.05, 4.69) is 5.32 Å².